The number of pyridine rings is 2. The van der Waals surface area contributed by atoms with Crippen molar-refractivity contribution in [1.82, 2.24) is 20.6 Å². The zero-order valence-corrected chi connectivity index (χ0v) is 18.4. The van der Waals surface area contributed by atoms with Crippen LogP contribution in [0, 0.1) is 6.92 Å². The Morgan fingerprint density at radius 2 is 1.94 bits per heavy atom. The molecule has 1 aliphatic rings. The Bertz CT molecular complexity index is 950. The molecule has 1 saturated heterocycles. The van der Waals surface area contributed by atoms with Crippen molar-refractivity contribution >= 4 is 11.8 Å². The first-order valence-electron chi connectivity index (χ1n) is 9.91. The van der Waals surface area contributed by atoms with Crippen molar-refractivity contribution in [2.75, 3.05) is 33.5 Å². The second-order valence-electron chi connectivity index (χ2n) is 6.95. The van der Waals surface area contributed by atoms with E-state index in [2.05, 4.69) is 25.3 Å². The van der Waals surface area contributed by atoms with Crippen LogP contribution in [0.5, 0.6) is 11.8 Å². The van der Waals surface area contributed by atoms with E-state index in [0.29, 0.717) is 6.54 Å². The molecule has 0 spiro atoms. The lowest BCUT2D eigenvalue weighted by Crippen LogP contribution is -2.28. The summed E-state index contributed by atoms with van der Waals surface area (Å²) in [6, 6.07) is 5.77. The second kappa shape index (κ2) is 12.0. The zero-order chi connectivity index (χ0) is 24.4. The number of aromatic nitrogens is 2. The number of carbonyl (C=O) groups is 2. The van der Waals surface area contributed by atoms with Gasteiger partial charge in [-0.05, 0) is 37.6 Å². The van der Waals surface area contributed by atoms with E-state index in [9.17, 15) is 22.8 Å². The van der Waals surface area contributed by atoms with Gasteiger partial charge in [-0.15, -0.1) is 0 Å². The number of nitrogens with one attached hydrogen (secondary N) is 2. The molecule has 180 valence electrons. The van der Waals surface area contributed by atoms with Crippen LogP contribution in [0.15, 0.2) is 30.5 Å². The van der Waals surface area contributed by atoms with Crippen LogP contribution in [0.1, 0.15) is 34.6 Å². The monoisotopic (exact) mass is 470 g/mol. The maximum Gasteiger partial charge on any atom is 0.422 e. The lowest BCUT2D eigenvalue weighted by Gasteiger charge is -2.17. The first kappa shape index (κ1) is 25.8. The molecule has 0 saturated carbocycles. The van der Waals surface area contributed by atoms with Crippen LogP contribution >= 0.6 is 0 Å². The van der Waals surface area contributed by atoms with E-state index < -0.39 is 18.7 Å². The highest BCUT2D eigenvalue weighted by atomic mass is 19.4. The summed E-state index contributed by atoms with van der Waals surface area (Å²) in [5, 5.41) is 5.27. The van der Waals surface area contributed by atoms with Gasteiger partial charge in [0.05, 0.1) is 19.2 Å². The van der Waals surface area contributed by atoms with Gasteiger partial charge in [0.15, 0.2) is 6.61 Å². The van der Waals surface area contributed by atoms with Crippen molar-refractivity contribution in [3.63, 3.8) is 0 Å². The maximum atomic E-state index is 12.7. The fourth-order valence-corrected chi connectivity index (χ4v) is 2.39. The van der Waals surface area contributed by atoms with Gasteiger partial charge in [0.2, 0.25) is 17.7 Å². The van der Waals surface area contributed by atoms with E-state index in [0.717, 1.165) is 11.3 Å². The molecule has 12 heteroatoms. The third kappa shape index (κ3) is 9.73. The molecular formula is C21H25F3N4O5. The van der Waals surface area contributed by atoms with Crippen LogP contribution in [-0.2, 0) is 9.53 Å². The summed E-state index contributed by atoms with van der Waals surface area (Å²) in [6.07, 6.45) is -2.87. The van der Waals surface area contributed by atoms with Crippen molar-refractivity contribution in [1.29, 1.82) is 0 Å². The molecule has 1 aliphatic heterocycles. The lowest BCUT2D eigenvalue weighted by atomic mass is 10.1. The molecule has 2 aromatic heterocycles. The molecule has 1 fully saturated rings. The van der Waals surface area contributed by atoms with Crippen LogP contribution in [0.4, 0.5) is 13.2 Å². The number of nitrogens with zero attached hydrogens (tertiary/aromatic N) is 2. The van der Waals surface area contributed by atoms with Gasteiger partial charge in [0.25, 0.3) is 5.91 Å². The number of hydrogen-bond donors (Lipinski definition) is 2. The fourth-order valence-electron chi connectivity index (χ4n) is 2.39. The Hall–Kier alpha value is -3.41. The molecule has 0 bridgehead atoms. The van der Waals surface area contributed by atoms with E-state index in [4.69, 9.17) is 9.47 Å². The van der Waals surface area contributed by atoms with E-state index in [1.54, 1.807) is 19.2 Å². The first-order chi connectivity index (χ1) is 15.6. The zero-order valence-electron chi connectivity index (χ0n) is 18.4. The van der Waals surface area contributed by atoms with Gasteiger partial charge in [-0.3, -0.25) is 14.6 Å². The molecular weight excluding hydrogens is 445 g/mol. The standard InChI is InChI=1S/C19H22F3N3O4.C2H3NO/c1-12-10-14(6-7-23-12)13(2)24-17(26)15-4-5-16(29-11-19(20,21)22)25-18(15)28-9-8-27-3;4-2-1-3-2/h4-7,10,13H,8-9,11H2,1-3H3,(H,24,26);1H2,(H,3,4). The number of rotatable bonds is 9. The number of amides is 2. The molecule has 2 aromatic rings. The summed E-state index contributed by atoms with van der Waals surface area (Å²) < 4.78 is 52.0. The summed E-state index contributed by atoms with van der Waals surface area (Å²) in [5.41, 5.74) is 1.73. The summed E-state index contributed by atoms with van der Waals surface area (Å²) in [6.45, 7) is 3.01. The van der Waals surface area contributed by atoms with Crippen molar-refractivity contribution in [3.05, 3.63) is 47.3 Å². The van der Waals surface area contributed by atoms with Crippen LogP contribution in [0.3, 0.4) is 0 Å². The number of halogens is 3. The van der Waals surface area contributed by atoms with Crippen LogP contribution < -0.4 is 20.1 Å². The molecule has 0 aliphatic carbocycles. The fraction of sp³-hybridized carbons (Fsp3) is 0.429. The van der Waals surface area contributed by atoms with Crippen molar-refractivity contribution in [2.24, 2.45) is 0 Å². The largest absolute Gasteiger partial charge is 0.475 e. The third-order valence-electron chi connectivity index (χ3n) is 4.08. The first-order valence-corrected chi connectivity index (χ1v) is 9.91. The van der Waals surface area contributed by atoms with Gasteiger partial charge in [-0.25, -0.2) is 0 Å². The summed E-state index contributed by atoms with van der Waals surface area (Å²) in [5.74, 6) is -0.768. The molecule has 33 heavy (non-hydrogen) atoms. The van der Waals surface area contributed by atoms with Gasteiger partial charge in [0, 0.05) is 25.1 Å². The quantitative estimate of drug-likeness (QED) is 0.426. The second-order valence-corrected chi connectivity index (χ2v) is 6.95. The molecule has 3 heterocycles. The van der Waals surface area contributed by atoms with Gasteiger partial charge in [0.1, 0.15) is 12.2 Å². The Labute approximate surface area is 188 Å². The summed E-state index contributed by atoms with van der Waals surface area (Å²) in [7, 11) is 1.46. The summed E-state index contributed by atoms with van der Waals surface area (Å²) in [4.78, 5) is 30.1. The minimum atomic E-state index is -4.51. The average molecular weight is 470 g/mol. The van der Waals surface area contributed by atoms with Gasteiger partial charge >= 0.3 is 6.18 Å². The van der Waals surface area contributed by atoms with Gasteiger partial charge < -0.3 is 24.8 Å². The number of ether oxygens (including phenoxy) is 3. The lowest BCUT2D eigenvalue weighted by molar-refractivity contribution is -0.154. The highest BCUT2D eigenvalue weighted by Gasteiger charge is 2.29. The minimum Gasteiger partial charge on any atom is -0.475 e. The topological polar surface area (TPSA) is 122 Å². The highest BCUT2D eigenvalue weighted by Crippen LogP contribution is 2.24. The molecule has 1 atom stereocenters. The van der Waals surface area contributed by atoms with Crippen molar-refractivity contribution in [3.8, 4) is 11.8 Å². The minimum absolute atomic E-state index is 0.0611. The number of methoxy groups -OCH3 is 1. The SMILES string of the molecule is COCCOc1nc(OCC(F)(F)F)ccc1C(=O)NC(C)c1ccnc(C)c1.O=C1CN1. The Morgan fingerprint density at radius 1 is 1.24 bits per heavy atom. The molecule has 0 aromatic carbocycles. The Morgan fingerprint density at radius 3 is 2.52 bits per heavy atom. The predicted octanol–water partition coefficient (Wildman–Crippen LogP) is 2.36. The van der Waals surface area contributed by atoms with Crippen LogP contribution in [0.25, 0.3) is 0 Å². The van der Waals surface area contributed by atoms with Crippen LogP contribution in [0.2, 0.25) is 0 Å². The molecule has 3 rings (SSSR count). The van der Waals surface area contributed by atoms with E-state index in [-0.39, 0.29) is 42.5 Å². The van der Waals surface area contributed by atoms with E-state index in [1.807, 2.05) is 13.0 Å². The van der Waals surface area contributed by atoms with E-state index in [1.165, 1.54) is 19.2 Å². The number of alkyl halides is 3. The normalized spacial score (nSPS) is 13.2. The van der Waals surface area contributed by atoms with Gasteiger partial charge in [-0.1, -0.05) is 0 Å². The molecule has 2 N–H and O–H groups in total. The Kier molecular flexibility index (Phi) is 9.40. The average Bonchev–Trinajstić information content (AvgIpc) is 3.54. The highest BCUT2D eigenvalue weighted by molar-refractivity contribution is 5.96. The number of hydrogen-bond acceptors (Lipinski definition) is 7. The molecule has 1 unspecified atom stereocenters. The molecule has 2 amide bonds. The third-order valence-corrected chi connectivity index (χ3v) is 4.08. The van der Waals surface area contributed by atoms with Crippen molar-refractivity contribution < 1.29 is 37.0 Å². The van der Waals surface area contributed by atoms with E-state index >= 15 is 0 Å². The number of carbonyl (C=O) groups excluding carboxylic acids is 2. The van der Waals surface area contributed by atoms with Crippen LogP contribution in [-0.4, -0.2) is 61.4 Å². The molecule has 9 nitrogen and oxygen atoms in total. The molecule has 0 radical (unpaired) electrons. The Balaban J connectivity index is 0.000000866. The predicted molar refractivity (Wildman–Crippen MR) is 111 cm³/mol. The number of aryl methyl sites for hydroxylation is 1. The smallest absolute Gasteiger partial charge is 0.422 e. The van der Waals surface area contributed by atoms with Crippen molar-refractivity contribution in [2.45, 2.75) is 26.1 Å². The maximum absolute atomic E-state index is 12.7. The van der Waals surface area contributed by atoms with Gasteiger partial charge in [-0.2, -0.15) is 18.2 Å². The summed E-state index contributed by atoms with van der Waals surface area (Å²) >= 11 is 0.